The van der Waals surface area contributed by atoms with E-state index in [1.165, 1.54) is 13.3 Å². The summed E-state index contributed by atoms with van der Waals surface area (Å²) >= 11 is 0. The highest BCUT2D eigenvalue weighted by atomic mass is 16.5. The number of rotatable bonds is 1. The van der Waals surface area contributed by atoms with Crippen LogP contribution >= 0.6 is 0 Å². The monoisotopic (exact) mass is 195 g/mol. The molecule has 5 nitrogen and oxygen atoms in total. The largest absolute Gasteiger partial charge is 0.481 e. The Kier molecular flexibility index (Phi) is 2.09. The maximum Gasteiger partial charge on any atom is 0.340 e. The second-order valence-electron chi connectivity index (χ2n) is 2.90. The van der Waals surface area contributed by atoms with Gasteiger partial charge in [-0.2, -0.15) is 0 Å². The van der Waals surface area contributed by atoms with Crippen LogP contribution in [-0.2, 0) is 16.1 Å². The Morgan fingerprint density at radius 3 is 3.21 bits per heavy atom. The van der Waals surface area contributed by atoms with Crippen molar-refractivity contribution in [1.82, 2.24) is 4.98 Å². The van der Waals surface area contributed by atoms with E-state index in [4.69, 9.17) is 9.47 Å². The van der Waals surface area contributed by atoms with Crippen molar-refractivity contribution in [3.05, 3.63) is 23.4 Å². The van der Waals surface area contributed by atoms with Crippen LogP contribution in [0.2, 0.25) is 0 Å². The summed E-state index contributed by atoms with van der Waals surface area (Å²) in [6, 6.07) is 1.59. The highest BCUT2D eigenvalue weighted by Gasteiger charge is 2.29. The number of pyridine rings is 1. The maximum atomic E-state index is 11.0. The lowest BCUT2D eigenvalue weighted by molar-refractivity contribution is -0.157. The maximum absolute atomic E-state index is 11.0. The molecule has 1 aromatic heterocycles. The van der Waals surface area contributed by atoms with E-state index in [2.05, 4.69) is 4.98 Å². The van der Waals surface area contributed by atoms with Crippen molar-refractivity contribution in [3.8, 4) is 5.88 Å². The number of carbonyl (C=O) groups excluding carboxylic acids is 1. The van der Waals surface area contributed by atoms with E-state index in [-0.39, 0.29) is 6.61 Å². The number of hydrogen-bond donors (Lipinski definition) is 1. The van der Waals surface area contributed by atoms with Crippen LogP contribution in [0.4, 0.5) is 0 Å². The molecule has 2 rings (SSSR count). The molecule has 0 fully saturated rings. The lowest BCUT2D eigenvalue weighted by Gasteiger charge is -2.21. The van der Waals surface area contributed by atoms with Gasteiger partial charge in [0, 0.05) is 11.8 Å². The van der Waals surface area contributed by atoms with Crippen molar-refractivity contribution < 1.29 is 19.4 Å². The predicted octanol–water partition coefficient (Wildman–Crippen LogP) is 0.180. The van der Waals surface area contributed by atoms with Crippen LogP contribution in [0.3, 0.4) is 0 Å². The molecule has 1 aromatic rings. The normalized spacial score (nSPS) is 19.9. The van der Waals surface area contributed by atoms with Gasteiger partial charge in [-0.15, -0.1) is 0 Å². The number of carbonyl (C=O) groups is 1. The first-order valence-corrected chi connectivity index (χ1v) is 4.10. The lowest BCUT2D eigenvalue weighted by Crippen LogP contribution is -2.23. The first-order chi connectivity index (χ1) is 6.74. The molecule has 0 bridgehead atoms. The molecule has 1 aliphatic heterocycles. The second kappa shape index (κ2) is 3.26. The van der Waals surface area contributed by atoms with Crippen LogP contribution in [0.5, 0.6) is 5.88 Å². The van der Waals surface area contributed by atoms with E-state index < -0.39 is 12.1 Å². The van der Waals surface area contributed by atoms with Gasteiger partial charge >= 0.3 is 5.97 Å². The summed E-state index contributed by atoms with van der Waals surface area (Å²) in [5.74, 6) is -0.250. The molecule has 1 unspecified atom stereocenters. The Hall–Kier alpha value is -1.62. The van der Waals surface area contributed by atoms with Crippen molar-refractivity contribution >= 4 is 5.97 Å². The summed E-state index contributed by atoms with van der Waals surface area (Å²) in [6.45, 7) is 0.0994. The van der Waals surface area contributed by atoms with Crippen LogP contribution < -0.4 is 4.74 Å². The van der Waals surface area contributed by atoms with Gasteiger partial charge in [0.1, 0.15) is 6.61 Å². The molecule has 1 atom stereocenters. The van der Waals surface area contributed by atoms with Crippen LogP contribution in [0.25, 0.3) is 0 Å². The Labute approximate surface area is 80.3 Å². The molecule has 5 heteroatoms. The fraction of sp³-hybridized carbons (Fsp3) is 0.333. The van der Waals surface area contributed by atoms with E-state index in [9.17, 15) is 9.90 Å². The zero-order valence-electron chi connectivity index (χ0n) is 7.56. The Morgan fingerprint density at radius 2 is 2.50 bits per heavy atom. The van der Waals surface area contributed by atoms with Gasteiger partial charge in [0.15, 0.2) is 6.10 Å². The number of aliphatic hydroxyl groups is 1. The average molecular weight is 195 g/mol. The molecule has 74 valence electrons. The molecule has 14 heavy (non-hydrogen) atoms. The second-order valence-corrected chi connectivity index (χ2v) is 2.90. The fourth-order valence-electron chi connectivity index (χ4n) is 1.41. The molecule has 0 saturated carbocycles. The Morgan fingerprint density at radius 1 is 1.71 bits per heavy atom. The topological polar surface area (TPSA) is 68.7 Å². The van der Waals surface area contributed by atoms with E-state index in [1.807, 2.05) is 0 Å². The predicted molar refractivity (Wildman–Crippen MR) is 45.5 cm³/mol. The first-order valence-electron chi connectivity index (χ1n) is 4.10. The van der Waals surface area contributed by atoms with Crippen molar-refractivity contribution in [2.24, 2.45) is 0 Å². The third-order valence-electron chi connectivity index (χ3n) is 2.12. The van der Waals surface area contributed by atoms with Gasteiger partial charge in [-0.3, -0.25) is 0 Å². The molecular formula is C9H9NO4. The smallest absolute Gasteiger partial charge is 0.340 e. The number of esters is 1. The Balaban J connectivity index is 2.52. The minimum Gasteiger partial charge on any atom is -0.481 e. The molecular weight excluding hydrogens is 186 g/mol. The van der Waals surface area contributed by atoms with E-state index in [0.717, 1.165) is 0 Å². The van der Waals surface area contributed by atoms with E-state index in [1.54, 1.807) is 6.07 Å². The van der Waals surface area contributed by atoms with Gasteiger partial charge in [0.25, 0.3) is 0 Å². The first kappa shape index (κ1) is 8.96. The number of nitrogens with zero attached hydrogens (tertiary/aromatic N) is 1. The molecule has 0 aliphatic carbocycles. The summed E-state index contributed by atoms with van der Waals surface area (Å²) < 4.78 is 9.73. The van der Waals surface area contributed by atoms with Crippen LogP contribution in [0.15, 0.2) is 12.3 Å². The molecule has 1 N–H and O–H groups in total. The number of cyclic esters (lactones) is 1. The molecule has 0 saturated heterocycles. The minimum absolute atomic E-state index is 0.0994. The van der Waals surface area contributed by atoms with Gasteiger partial charge in [-0.05, 0) is 6.07 Å². The summed E-state index contributed by atoms with van der Waals surface area (Å²) in [6.07, 6.45) is 0.259. The quantitative estimate of drug-likeness (QED) is 0.647. The summed E-state index contributed by atoms with van der Waals surface area (Å²) in [5.41, 5.74) is 1.13. The van der Waals surface area contributed by atoms with Crippen molar-refractivity contribution in [3.63, 3.8) is 0 Å². The van der Waals surface area contributed by atoms with E-state index in [0.29, 0.717) is 17.0 Å². The lowest BCUT2D eigenvalue weighted by atomic mass is 10.0. The summed E-state index contributed by atoms with van der Waals surface area (Å²) in [4.78, 5) is 15.0. The molecule has 0 radical (unpaired) electrons. The van der Waals surface area contributed by atoms with Crippen molar-refractivity contribution in [2.45, 2.75) is 12.7 Å². The fourth-order valence-corrected chi connectivity index (χ4v) is 1.41. The average Bonchev–Trinajstić information content (AvgIpc) is 2.23. The van der Waals surface area contributed by atoms with Gasteiger partial charge in [0.2, 0.25) is 5.88 Å². The van der Waals surface area contributed by atoms with Gasteiger partial charge in [-0.25, -0.2) is 9.78 Å². The zero-order valence-corrected chi connectivity index (χ0v) is 7.56. The molecule has 2 heterocycles. The third kappa shape index (κ3) is 1.22. The van der Waals surface area contributed by atoms with Gasteiger partial charge in [-0.1, -0.05) is 0 Å². The standard InChI is InChI=1S/C9H9NO4/c1-13-8-6-4-14-9(12)7(11)5(6)2-3-10-8/h2-3,7,11H,4H2,1H3. The number of hydrogen-bond acceptors (Lipinski definition) is 5. The zero-order chi connectivity index (χ0) is 10.1. The number of aliphatic hydroxyl groups excluding tert-OH is 1. The molecule has 0 aromatic carbocycles. The molecule has 0 spiro atoms. The molecule has 1 aliphatic rings. The highest BCUT2D eigenvalue weighted by Crippen LogP contribution is 2.30. The van der Waals surface area contributed by atoms with Gasteiger partial charge in [0.05, 0.1) is 12.7 Å². The van der Waals surface area contributed by atoms with Crippen LogP contribution in [-0.4, -0.2) is 23.2 Å². The van der Waals surface area contributed by atoms with Crippen LogP contribution in [0, 0.1) is 0 Å². The number of fused-ring (bicyclic) bond motifs is 1. The van der Waals surface area contributed by atoms with E-state index >= 15 is 0 Å². The van der Waals surface area contributed by atoms with Crippen molar-refractivity contribution in [2.75, 3.05) is 7.11 Å². The molecule has 0 amide bonds. The summed E-state index contributed by atoms with van der Waals surface area (Å²) in [7, 11) is 1.48. The highest BCUT2D eigenvalue weighted by molar-refractivity contribution is 5.78. The number of ether oxygens (including phenoxy) is 2. The van der Waals surface area contributed by atoms with Crippen LogP contribution in [0.1, 0.15) is 17.2 Å². The minimum atomic E-state index is -1.23. The third-order valence-corrected chi connectivity index (χ3v) is 2.12. The number of methoxy groups -OCH3 is 1. The Bertz CT molecular complexity index is 377. The summed E-state index contributed by atoms with van der Waals surface area (Å²) in [5, 5.41) is 9.49. The van der Waals surface area contributed by atoms with Gasteiger partial charge < -0.3 is 14.6 Å². The number of aromatic nitrogens is 1. The SMILES string of the molecule is COc1nccc2c1COC(=O)C2O. The van der Waals surface area contributed by atoms with Crippen molar-refractivity contribution in [1.29, 1.82) is 0 Å².